The lowest BCUT2D eigenvalue weighted by Crippen LogP contribution is -1.27. The smallest absolute Gasteiger partial charge is 0.0831 e. The Morgan fingerprint density at radius 2 is 1.33 bits per heavy atom. The average Bonchev–Trinajstić information content (AvgIpc) is 1.39. The number of nitrogens with one attached hydrogen (secondary N) is 2. The van der Waals surface area contributed by atoms with Gasteiger partial charge in [0.1, 0.15) is 0 Å². The van der Waals surface area contributed by atoms with Crippen molar-refractivity contribution in [3.05, 3.63) is 0 Å². The van der Waals surface area contributed by atoms with Crippen molar-refractivity contribution in [3.8, 4) is 0 Å². The zero-order chi connectivity index (χ0) is 5.41. The summed E-state index contributed by atoms with van der Waals surface area (Å²) in [5.74, 6) is 0. The minimum absolute atomic E-state index is 1.25. The van der Waals surface area contributed by atoms with E-state index in [1.54, 1.807) is 0 Å². The van der Waals surface area contributed by atoms with Crippen molar-refractivity contribution in [2.45, 2.75) is 20.3 Å². The fourth-order valence-corrected chi connectivity index (χ4v) is 0. The van der Waals surface area contributed by atoms with E-state index in [1.807, 2.05) is 0 Å². The molecule has 0 atom stereocenters. The molecule has 0 rings (SSSR count). The lowest BCUT2D eigenvalue weighted by atomic mass is 10.6. The molecule has 0 fully saturated rings. The second-order valence-corrected chi connectivity index (χ2v) is 0.832. The molecule has 0 aromatic carbocycles. The van der Waals surface area contributed by atoms with Crippen LogP contribution in [-0.2, 0) is 0 Å². The second kappa shape index (κ2) is 26.3. The van der Waals surface area contributed by atoms with E-state index in [2.05, 4.69) is 13.8 Å². The van der Waals surface area contributed by atoms with E-state index >= 15 is 0 Å². The van der Waals surface area contributed by atoms with Crippen molar-refractivity contribution >= 4 is 6.01 Å². The molecule has 0 saturated carbocycles. The summed E-state index contributed by atoms with van der Waals surface area (Å²) in [6, 6.07) is 1.25. The van der Waals surface area contributed by atoms with Crippen LogP contribution in [0.15, 0.2) is 0 Å². The van der Waals surface area contributed by atoms with Crippen LogP contribution in [0.3, 0.4) is 0 Å². The second-order valence-electron chi connectivity index (χ2n) is 0.832. The summed E-state index contributed by atoms with van der Waals surface area (Å²) in [5, 5.41) is 11.2. The topological polar surface area (TPSA) is 47.7 Å². The van der Waals surface area contributed by atoms with Crippen LogP contribution in [0.25, 0.3) is 0 Å². The predicted octanol–water partition coefficient (Wildman–Crippen LogP) is 1.73. The molecule has 0 bridgehead atoms. The van der Waals surface area contributed by atoms with Gasteiger partial charge in [-0.05, 0) is 0 Å². The average molecular weight is 86.1 g/mol. The third kappa shape index (κ3) is 49.8. The fourth-order valence-electron chi connectivity index (χ4n) is 0. The SMILES string of the molecule is CCC.N=C=N. The standard InChI is InChI=1S/C3H8.CH2N2/c1-3-2;2-1-3/h3H2,1-2H3;2-3H. The number of hydrogen-bond acceptors (Lipinski definition) is 2. The molecule has 0 aromatic rings. The highest BCUT2D eigenvalue weighted by Crippen LogP contribution is 1.56. The van der Waals surface area contributed by atoms with Crippen LogP contribution < -0.4 is 0 Å². The van der Waals surface area contributed by atoms with Gasteiger partial charge in [-0.15, -0.1) is 0 Å². The van der Waals surface area contributed by atoms with Gasteiger partial charge in [-0.25, -0.2) is 10.8 Å². The highest BCUT2D eigenvalue weighted by molar-refractivity contribution is 5.29. The quantitative estimate of drug-likeness (QED) is 0.422. The van der Waals surface area contributed by atoms with Crippen molar-refractivity contribution in [2.75, 3.05) is 0 Å². The summed E-state index contributed by atoms with van der Waals surface area (Å²) >= 11 is 0. The largest absolute Gasteiger partial charge is 0.242 e. The molecule has 0 aliphatic carbocycles. The lowest BCUT2D eigenvalue weighted by Gasteiger charge is -1.48. The van der Waals surface area contributed by atoms with Crippen LogP contribution in [0.4, 0.5) is 0 Å². The molecule has 0 radical (unpaired) electrons. The minimum Gasteiger partial charge on any atom is -0.242 e. The van der Waals surface area contributed by atoms with E-state index in [9.17, 15) is 0 Å². The van der Waals surface area contributed by atoms with E-state index in [4.69, 9.17) is 10.8 Å². The first-order valence-electron chi connectivity index (χ1n) is 1.91. The summed E-state index contributed by atoms with van der Waals surface area (Å²) < 4.78 is 0. The van der Waals surface area contributed by atoms with Crippen molar-refractivity contribution in [3.63, 3.8) is 0 Å². The van der Waals surface area contributed by atoms with Crippen LogP contribution in [0.2, 0.25) is 0 Å². The maximum Gasteiger partial charge on any atom is 0.0831 e. The van der Waals surface area contributed by atoms with Crippen LogP contribution in [0.1, 0.15) is 20.3 Å². The fraction of sp³-hybridized carbons (Fsp3) is 0.750. The molecular weight excluding hydrogens is 76.1 g/mol. The maximum atomic E-state index is 5.62. The molecular formula is C4H10N2. The number of rotatable bonds is 0. The minimum atomic E-state index is 1.25. The zero-order valence-corrected chi connectivity index (χ0v) is 4.21. The first-order chi connectivity index (χ1) is 2.83. The van der Waals surface area contributed by atoms with E-state index in [0.717, 1.165) is 0 Å². The Bertz CT molecular complexity index is 34.8. The Kier molecular flexibility index (Phi) is 39.6. The molecule has 0 unspecified atom stereocenters. The predicted molar refractivity (Wildman–Crippen MR) is 26.4 cm³/mol. The van der Waals surface area contributed by atoms with E-state index < -0.39 is 0 Å². The summed E-state index contributed by atoms with van der Waals surface area (Å²) in [5.41, 5.74) is 0. The van der Waals surface area contributed by atoms with Crippen LogP contribution in [0.5, 0.6) is 0 Å². The van der Waals surface area contributed by atoms with E-state index in [1.165, 1.54) is 12.4 Å². The molecule has 6 heavy (non-hydrogen) atoms. The van der Waals surface area contributed by atoms with Crippen LogP contribution >= 0.6 is 0 Å². The number of hydrogen-bond donors (Lipinski definition) is 2. The molecule has 2 N–H and O–H groups in total. The zero-order valence-electron chi connectivity index (χ0n) is 4.21. The molecule has 2 nitrogen and oxygen atoms in total. The first-order valence-corrected chi connectivity index (χ1v) is 1.91. The van der Waals surface area contributed by atoms with Crippen molar-refractivity contribution < 1.29 is 0 Å². The summed E-state index contributed by atoms with van der Waals surface area (Å²) in [6.45, 7) is 4.25. The van der Waals surface area contributed by atoms with Gasteiger partial charge >= 0.3 is 0 Å². The molecule has 0 amide bonds. The molecule has 36 valence electrons. The monoisotopic (exact) mass is 86.1 g/mol. The van der Waals surface area contributed by atoms with Crippen molar-refractivity contribution in [1.82, 2.24) is 0 Å². The summed E-state index contributed by atoms with van der Waals surface area (Å²) in [4.78, 5) is 0. The third-order valence-electron chi connectivity index (χ3n) is 0. The van der Waals surface area contributed by atoms with Gasteiger partial charge in [-0.3, -0.25) is 0 Å². The molecule has 0 saturated heterocycles. The first kappa shape index (κ1) is 9.03. The Hall–Kier alpha value is -0.620. The van der Waals surface area contributed by atoms with Gasteiger partial charge in [0.05, 0.1) is 6.01 Å². The molecule has 0 aromatic heterocycles. The van der Waals surface area contributed by atoms with Crippen molar-refractivity contribution in [2.24, 2.45) is 0 Å². The Morgan fingerprint density at radius 1 is 1.33 bits per heavy atom. The summed E-state index contributed by atoms with van der Waals surface area (Å²) in [7, 11) is 0. The van der Waals surface area contributed by atoms with Gasteiger partial charge in [0.15, 0.2) is 0 Å². The van der Waals surface area contributed by atoms with Gasteiger partial charge in [0, 0.05) is 0 Å². The lowest BCUT2D eigenvalue weighted by molar-refractivity contribution is 1.09. The van der Waals surface area contributed by atoms with Crippen LogP contribution in [-0.4, -0.2) is 6.01 Å². The van der Waals surface area contributed by atoms with Gasteiger partial charge in [-0.1, -0.05) is 20.3 Å². The molecule has 0 heterocycles. The Balaban J connectivity index is 0. The van der Waals surface area contributed by atoms with Crippen molar-refractivity contribution in [1.29, 1.82) is 10.8 Å². The highest BCUT2D eigenvalue weighted by Gasteiger charge is 1.35. The van der Waals surface area contributed by atoms with Gasteiger partial charge in [-0.2, -0.15) is 0 Å². The van der Waals surface area contributed by atoms with Gasteiger partial charge in [0.25, 0.3) is 0 Å². The third-order valence-corrected chi connectivity index (χ3v) is 0. The normalized spacial score (nSPS) is 4.33. The highest BCUT2D eigenvalue weighted by atomic mass is 14.4. The van der Waals surface area contributed by atoms with Gasteiger partial charge < -0.3 is 0 Å². The Labute approximate surface area is 38.2 Å². The van der Waals surface area contributed by atoms with Gasteiger partial charge in [0.2, 0.25) is 0 Å². The molecule has 2 heteroatoms. The summed E-state index contributed by atoms with van der Waals surface area (Å²) in [6.07, 6.45) is 1.25. The van der Waals surface area contributed by atoms with E-state index in [0.29, 0.717) is 0 Å². The maximum absolute atomic E-state index is 5.62. The molecule has 0 aliphatic heterocycles. The molecule has 0 aliphatic rings. The van der Waals surface area contributed by atoms with E-state index in [-0.39, 0.29) is 0 Å². The Morgan fingerprint density at radius 3 is 1.33 bits per heavy atom. The van der Waals surface area contributed by atoms with Crippen LogP contribution in [0, 0.1) is 10.8 Å². The molecule has 0 spiro atoms.